The highest BCUT2D eigenvalue weighted by Gasteiger charge is 2.29. The molecule has 0 radical (unpaired) electrons. The molecule has 118 valence electrons. The third-order valence-electron chi connectivity index (χ3n) is 3.39. The Hall–Kier alpha value is -1.33. The molecule has 2 aromatic rings. The smallest absolute Gasteiger partial charge is 0.404 e. The summed E-state index contributed by atoms with van der Waals surface area (Å²) in [6.45, 7) is 3.61. The van der Waals surface area contributed by atoms with Crippen LogP contribution in [0.15, 0.2) is 36.4 Å². The number of phosphoric ester groups is 1. The van der Waals surface area contributed by atoms with Crippen LogP contribution in [0.3, 0.4) is 0 Å². The Kier molecular flexibility index (Phi) is 4.68. The second-order valence-electron chi connectivity index (χ2n) is 5.73. The van der Waals surface area contributed by atoms with Gasteiger partial charge in [-0.25, -0.2) is 4.57 Å². The summed E-state index contributed by atoms with van der Waals surface area (Å²) >= 11 is 3.80. The van der Waals surface area contributed by atoms with Crippen molar-refractivity contribution in [2.45, 2.75) is 25.7 Å². The van der Waals surface area contributed by atoms with E-state index in [0.29, 0.717) is 5.56 Å². The number of thiol groups is 1. The predicted molar refractivity (Wildman–Crippen MR) is 88.3 cm³/mol. The number of phosphoric acid groups is 1. The van der Waals surface area contributed by atoms with Crippen molar-refractivity contribution in [3.63, 3.8) is 0 Å². The highest BCUT2D eigenvalue weighted by atomic mass is 32.1. The quantitative estimate of drug-likeness (QED) is 0.574. The second-order valence-corrected chi connectivity index (χ2v) is 7.39. The maximum atomic E-state index is 11.4. The lowest BCUT2D eigenvalue weighted by molar-refractivity contribution is -0.111. The van der Waals surface area contributed by atoms with Gasteiger partial charge in [-0.1, -0.05) is 38.1 Å². The van der Waals surface area contributed by atoms with Crippen molar-refractivity contribution in [3.05, 3.63) is 42.0 Å². The van der Waals surface area contributed by atoms with Crippen molar-refractivity contribution in [1.82, 2.24) is 0 Å². The zero-order chi connectivity index (χ0) is 16.5. The van der Waals surface area contributed by atoms with Crippen LogP contribution in [0.25, 0.3) is 10.8 Å². The summed E-state index contributed by atoms with van der Waals surface area (Å²) in [5.74, 6) is 0.0756. The third-order valence-corrected chi connectivity index (χ3v) is 3.98. The maximum absolute atomic E-state index is 11.4. The molecule has 2 N–H and O–H groups in total. The second kappa shape index (κ2) is 6.05. The van der Waals surface area contributed by atoms with Gasteiger partial charge < -0.3 is 4.52 Å². The molecule has 0 fully saturated rings. The van der Waals surface area contributed by atoms with Gasteiger partial charge in [0.1, 0.15) is 5.75 Å². The molecule has 22 heavy (non-hydrogen) atoms. The zero-order valence-electron chi connectivity index (χ0n) is 12.2. The van der Waals surface area contributed by atoms with E-state index in [1.54, 1.807) is 26.0 Å². The lowest BCUT2D eigenvalue weighted by atomic mass is 9.80. The maximum Gasteiger partial charge on any atom is 0.524 e. The molecule has 0 aliphatic heterocycles. The number of carbonyl (C=O) groups excluding carboxylic acids is 1. The fourth-order valence-corrected chi connectivity index (χ4v) is 3.23. The van der Waals surface area contributed by atoms with Gasteiger partial charge in [-0.15, -0.1) is 12.6 Å². The van der Waals surface area contributed by atoms with Crippen molar-refractivity contribution in [3.8, 4) is 5.75 Å². The van der Waals surface area contributed by atoms with Crippen LogP contribution >= 0.6 is 20.5 Å². The third kappa shape index (κ3) is 4.11. The Morgan fingerprint density at radius 3 is 2.27 bits per heavy atom. The Morgan fingerprint density at radius 1 is 1.23 bits per heavy atom. The van der Waals surface area contributed by atoms with Gasteiger partial charge >= 0.3 is 7.82 Å². The van der Waals surface area contributed by atoms with E-state index in [1.165, 1.54) is 0 Å². The molecule has 0 unspecified atom stereocenters. The SMILES string of the molecule is CC(C)(CC(=O)S)c1cc2ccccc2cc1OP(=O)(O)O. The fraction of sp³-hybridized carbons (Fsp3) is 0.267. The summed E-state index contributed by atoms with van der Waals surface area (Å²) in [5.41, 5.74) is -0.121. The van der Waals surface area contributed by atoms with Crippen LogP contribution in [0.1, 0.15) is 25.8 Å². The minimum atomic E-state index is -4.70. The Labute approximate surface area is 134 Å². The predicted octanol–water partition coefficient (Wildman–Crippen LogP) is 3.44. The van der Waals surface area contributed by atoms with E-state index in [0.717, 1.165) is 10.8 Å². The van der Waals surface area contributed by atoms with Gasteiger partial charge in [0.15, 0.2) is 5.12 Å². The Morgan fingerprint density at radius 2 is 1.77 bits per heavy atom. The topological polar surface area (TPSA) is 83.8 Å². The monoisotopic (exact) mass is 340 g/mol. The van der Waals surface area contributed by atoms with Crippen LogP contribution in [0.2, 0.25) is 0 Å². The van der Waals surface area contributed by atoms with E-state index in [4.69, 9.17) is 14.3 Å². The summed E-state index contributed by atoms with van der Waals surface area (Å²) in [4.78, 5) is 29.6. The van der Waals surface area contributed by atoms with Crippen molar-refractivity contribution in [2.75, 3.05) is 0 Å². The molecule has 0 heterocycles. The first-order valence-corrected chi connectivity index (χ1v) is 8.56. The van der Waals surface area contributed by atoms with Gasteiger partial charge in [-0.3, -0.25) is 14.6 Å². The fourth-order valence-electron chi connectivity index (χ4n) is 2.43. The summed E-state index contributed by atoms with van der Waals surface area (Å²) in [5, 5.41) is 1.39. The lowest BCUT2D eigenvalue weighted by Gasteiger charge is -2.27. The molecule has 7 heteroatoms. The van der Waals surface area contributed by atoms with Gasteiger partial charge in [-0.05, 0) is 22.9 Å². The van der Waals surface area contributed by atoms with Gasteiger partial charge in [0, 0.05) is 17.4 Å². The van der Waals surface area contributed by atoms with Gasteiger partial charge in [0.05, 0.1) is 0 Å². The van der Waals surface area contributed by atoms with Crippen LogP contribution in [0, 0.1) is 0 Å². The number of carbonyl (C=O) groups is 1. The first-order chi connectivity index (χ1) is 10.1. The van der Waals surface area contributed by atoms with Crippen LogP contribution in [-0.2, 0) is 14.8 Å². The van der Waals surface area contributed by atoms with Crippen molar-refractivity contribution in [2.24, 2.45) is 0 Å². The average molecular weight is 340 g/mol. The van der Waals surface area contributed by atoms with E-state index in [2.05, 4.69) is 12.6 Å². The molecular formula is C15H17O5PS. The summed E-state index contributed by atoms with van der Waals surface area (Å²) < 4.78 is 16.1. The number of benzene rings is 2. The molecule has 2 aromatic carbocycles. The molecule has 0 amide bonds. The molecule has 0 bridgehead atoms. The summed E-state index contributed by atoms with van der Waals surface area (Å²) in [7, 11) is -4.70. The van der Waals surface area contributed by atoms with Crippen LogP contribution in [0.5, 0.6) is 5.75 Å². The average Bonchev–Trinajstić information content (AvgIpc) is 2.34. The van der Waals surface area contributed by atoms with Crippen molar-refractivity contribution < 1.29 is 23.7 Å². The largest absolute Gasteiger partial charge is 0.524 e. The molecular weight excluding hydrogens is 323 g/mol. The highest BCUT2D eigenvalue weighted by Crippen LogP contribution is 2.45. The first kappa shape index (κ1) is 17.0. The van der Waals surface area contributed by atoms with E-state index in [-0.39, 0.29) is 17.3 Å². The van der Waals surface area contributed by atoms with E-state index in [1.807, 2.05) is 24.3 Å². The van der Waals surface area contributed by atoms with E-state index in [9.17, 15) is 9.36 Å². The Bertz CT molecular complexity index is 766. The minimum Gasteiger partial charge on any atom is -0.404 e. The molecule has 0 atom stereocenters. The molecule has 0 aromatic heterocycles. The highest BCUT2D eigenvalue weighted by molar-refractivity contribution is 7.96. The molecule has 0 saturated carbocycles. The van der Waals surface area contributed by atoms with Crippen molar-refractivity contribution >= 4 is 36.3 Å². The number of hydrogen-bond donors (Lipinski definition) is 3. The van der Waals surface area contributed by atoms with Crippen molar-refractivity contribution in [1.29, 1.82) is 0 Å². The van der Waals surface area contributed by atoms with Crippen LogP contribution < -0.4 is 4.52 Å². The minimum absolute atomic E-state index is 0.0756. The lowest BCUT2D eigenvalue weighted by Crippen LogP contribution is -2.21. The molecule has 0 saturated heterocycles. The van der Waals surface area contributed by atoms with Gasteiger partial charge in [0.25, 0.3) is 0 Å². The van der Waals surface area contributed by atoms with Gasteiger partial charge in [0.2, 0.25) is 0 Å². The molecule has 2 rings (SSSR count). The standard InChI is InChI=1S/C15H17O5PS/c1-15(2,9-14(16)22)12-7-10-5-3-4-6-11(10)8-13(12)20-21(17,18)19/h3-8H,9H2,1-2H3,(H,16,22)(H2,17,18,19). The van der Waals surface area contributed by atoms with Crippen LogP contribution in [-0.4, -0.2) is 14.9 Å². The molecule has 0 aliphatic carbocycles. The first-order valence-electron chi connectivity index (χ1n) is 6.59. The number of hydrogen-bond acceptors (Lipinski definition) is 3. The molecule has 0 spiro atoms. The number of fused-ring (bicyclic) bond motifs is 1. The normalized spacial score (nSPS) is 12.4. The number of rotatable bonds is 5. The molecule has 5 nitrogen and oxygen atoms in total. The summed E-state index contributed by atoms with van der Waals surface area (Å²) in [6.07, 6.45) is 0.117. The Balaban J connectivity index is 2.65. The molecule has 0 aliphatic rings. The van der Waals surface area contributed by atoms with Gasteiger partial charge in [-0.2, -0.15) is 0 Å². The zero-order valence-corrected chi connectivity index (χ0v) is 14.0. The van der Waals surface area contributed by atoms with E-state index >= 15 is 0 Å². The van der Waals surface area contributed by atoms with Crippen LogP contribution in [0.4, 0.5) is 0 Å². The van der Waals surface area contributed by atoms with E-state index < -0.39 is 13.2 Å². The summed E-state index contributed by atoms with van der Waals surface area (Å²) in [6, 6.07) is 10.8.